The van der Waals surface area contributed by atoms with Gasteiger partial charge in [0.2, 0.25) is 0 Å². The Morgan fingerprint density at radius 1 is 2.00 bits per heavy atom. The van der Waals surface area contributed by atoms with Crippen LogP contribution in [0.4, 0.5) is 0 Å². The van der Waals surface area contributed by atoms with Gasteiger partial charge in [-0.1, -0.05) is 0 Å². The highest BCUT2D eigenvalue weighted by molar-refractivity contribution is 8.00. The van der Waals surface area contributed by atoms with Crippen LogP contribution in [-0.4, -0.2) is 16.0 Å². The van der Waals surface area contributed by atoms with Gasteiger partial charge in [0.15, 0.2) is 5.11 Å². The lowest BCUT2D eigenvalue weighted by Crippen LogP contribution is -2.27. The third kappa shape index (κ3) is 1.14. The zero-order valence-electron chi connectivity index (χ0n) is 4.13. The van der Waals surface area contributed by atoms with Crippen LogP contribution in [0.15, 0.2) is 6.08 Å². The van der Waals surface area contributed by atoms with Crippen molar-refractivity contribution in [2.75, 3.05) is 6.54 Å². The molecule has 0 bridgehead atoms. The van der Waals surface area contributed by atoms with E-state index in [0.29, 0.717) is 5.11 Å². The van der Waals surface area contributed by atoms with E-state index in [4.69, 9.17) is 5.73 Å². The van der Waals surface area contributed by atoms with Gasteiger partial charge in [-0.05, 0) is 30.2 Å². The third-order valence-electron chi connectivity index (χ3n) is 0.749. The Bertz CT molecular complexity index is 124. The monoisotopic (exact) mass is 145 g/mol. The molecule has 0 saturated heterocycles. The van der Waals surface area contributed by atoms with Crippen molar-refractivity contribution in [1.29, 1.82) is 0 Å². The number of nitrogens with zero attached hydrogens (tertiary/aromatic N) is 1. The van der Waals surface area contributed by atoms with E-state index in [9.17, 15) is 0 Å². The van der Waals surface area contributed by atoms with Crippen LogP contribution in [0, 0.1) is 5.41 Å². The first-order valence-corrected chi connectivity index (χ1v) is 3.30. The van der Waals surface area contributed by atoms with Crippen LogP contribution in [-0.2, 0) is 0 Å². The Hall–Kier alpha value is -0.220. The van der Waals surface area contributed by atoms with Gasteiger partial charge in [0, 0.05) is 5.41 Å². The molecule has 1 aliphatic heterocycles. The van der Waals surface area contributed by atoms with Gasteiger partial charge in [-0.3, -0.25) is 4.31 Å². The first-order valence-electron chi connectivity index (χ1n) is 2.12. The van der Waals surface area contributed by atoms with Crippen molar-refractivity contribution in [3.63, 3.8) is 0 Å². The number of nitrogens with two attached hydrogens (primary N) is 1. The molecule has 1 heterocycles. The summed E-state index contributed by atoms with van der Waals surface area (Å²) in [6, 6.07) is 0. The lowest BCUT2D eigenvalue weighted by atomic mass is 10.6. The van der Waals surface area contributed by atoms with Gasteiger partial charge in [0.05, 0.1) is 6.54 Å². The summed E-state index contributed by atoms with van der Waals surface area (Å²) in [5.74, 6) is 0. The van der Waals surface area contributed by atoms with Gasteiger partial charge < -0.3 is 5.73 Å². The summed E-state index contributed by atoms with van der Waals surface area (Å²) in [5.41, 5.74) is 5.27. The first kappa shape index (κ1) is 5.91. The highest BCUT2D eigenvalue weighted by Crippen LogP contribution is 2.15. The molecule has 1 aliphatic rings. The van der Waals surface area contributed by atoms with Gasteiger partial charge in [-0.15, -0.1) is 0 Å². The molecule has 4 heteroatoms. The van der Waals surface area contributed by atoms with Crippen molar-refractivity contribution in [2.24, 2.45) is 5.73 Å². The molecule has 0 unspecified atom stereocenters. The Balaban J connectivity index is 2.41. The Morgan fingerprint density at radius 2 is 2.75 bits per heavy atom. The van der Waals surface area contributed by atoms with Crippen molar-refractivity contribution >= 4 is 29.3 Å². The second kappa shape index (κ2) is 2.37. The van der Waals surface area contributed by atoms with Crippen LogP contribution in [0.3, 0.4) is 0 Å². The van der Waals surface area contributed by atoms with E-state index in [2.05, 4.69) is 17.6 Å². The molecule has 2 N–H and O–H groups in total. The molecule has 0 aromatic rings. The molecule has 43 valence electrons. The van der Waals surface area contributed by atoms with Crippen molar-refractivity contribution < 1.29 is 0 Å². The topological polar surface area (TPSA) is 29.3 Å². The number of thiocarbonyl (C=S) groups is 1. The second-order valence-electron chi connectivity index (χ2n) is 1.31. The van der Waals surface area contributed by atoms with E-state index in [0.717, 1.165) is 6.54 Å². The Morgan fingerprint density at radius 3 is 3.00 bits per heavy atom. The summed E-state index contributed by atoms with van der Waals surface area (Å²) in [7, 11) is 0. The van der Waals surface area contributed by atoms with E-state index in [1.807, 2.05) is 6.08 Å². The molecule has 0 aromatic heterocycles. The molecule has 0 amide bonds. The molecule has 0 atom stereocenters. The Kier molecular flexibility index (Phi) is 1.75. The first-order chi connectivity index (χ1) is 3.80. The van der Waals surface area contributed by atoms with Crippen molar-refractivity contribution in [3.8, 4) is 0 Å². The summed E-state index contributed by atoms with van der Waals surface area (Å²) >= 11 is 6.09. The maximum absolute atomic E-state index is 5.27. The molecule has 2 nitrogen and oxygen atoms in total. The number of hydrogen-bond donors (Lipinski definition) is 1. The molecule has 0 aliphatic carbocycles. The highest BCUT2D eigenvalue weighted by Gasteiger charge is 2.06. The SMILES string of the molecule is NC(=S)N1CC=[C]S1. The van der Waals surface area contributed by atoms with Gasteiger partial charge in [-0.2, -0.15) is 0 Å². The fourth-order valence-electron chi connectivity index (χ4n) is 0.393. The molecule has 1 radical (unpaired) electrons. The number of rotatable bonds is 0. The third-order valence-corrected chi connectivity index (χ3v) is 1.92. The standard InChI is InChI=1S/C4H5N2S2/c5-4(7)6-2-1-3-8-6/h1H,2H2,(H2,5,7). The lowest BCUT2D eigenvalue weighted by Gasteiger charge is -2.10. The quantitative estimate of drug-likeness (QED) is 0.397. The molecule has 0 saturated carbocycles. The maximum atomic E-state index is 5.27. The zero-order valence-corrected chi connectivity index (χ0v) is 5.76. The van der Waals surface area contributed by atoms with E-state index >= 15 is 0 Å². The molecule has 0 fully saturated rings. The average Bonchev–Trinajstić information content (AvgIpc) is 2.12. The summed E-state index contributed by atoms with van der Waals surface area (Å²) in [6.07, 6.45) is 1.89. The van der Waals surface area contributed by atoms with Crippen LogP contribution in [0.5, 0.6) is 0 Å². The number of hydrogen-bond acceptors (Lipinski definition) is 2. The minimum atomic E-state index is 0.427. The minimum Gasteiger partial charge on any atom is -0.375 e. The van der Waals surface area contributed by atoms with Gasteiger partial charge in [-0.25, -0.2) is 0 Å². The second-order valence-corrected chi connectivity index (χ2v) is 2.59. The summed E-state index contributed by atoms with van der Waals surface area (Å²) in [6.45, 7) is 0.792. The van der Waals surface area contributed by atoms with Crippen LogP contribution in [0.25, 0.3) is 0 Å². The fourth-order valence-corrected chi connectivity index (χ4v) is 1.09. The molecular weight excluding hydrogens is 140 g/mol. The van der Waals surface area contributed by atoms with Gasteiger partial charge >= 0.3 is 0 Å². The average molecular weight is 145 g/mol. The predicted molar refractivity (Wildman–Crippen MR) is 38.9 cm³/mol. The van der Waals surface area contributed by atoms with E-state index in [1.54, 1.807) is 4.31 Å². The van der Waals surface area contributed by atoms with E-state index < -0.39 is 0 Å². The summed E-state index contributed by atoms with van der Waals surface area (Å²) < 4.78 is 1.79. The van der Waals surface area contributed by atoms with Crippen molar-refractivity contribution in [3.05, 3.63) is 11.5 Å². The van der Waals surface area contributed by atoms with Gasteiger partial charge in [0.1, 0.15) is 0 Å². The molecular formula is C4H5N2S2. The van der Waals surface area contributed by atoms with Crippen molar-refractivity contribution in [1.82, 2.24) is 4.31 Å². The molecule has 0 spiro atoms. The molecule has 1 rings (SSSR count). The highest BCUT2D eigenvalue weighted by atomic mass is 32.2. The predicted octanol–water partition coefficient (Wildman–Crippen LogP) is 0.511. The smallest absolute Gasteiger partial charge is 0.176 e. The molecule has 0 aromatic carbocycles. The van der Waals surface area contributed by atoms with Crippen molar-refractivity contribution in [2.45, 2.75) is 0 Å². The molecule has 8 heavy (non-hydrogen) atoms. The van der Waals surface area contributed by atoms with Crippen LogP contribution >= 0.6 is 24.2 Å². The minimum absolute atomic E-state index is 0.427. The Labute approximate surface area is 57.9 Å². The van der Waals surface area contributed by atoms with Crippen LogP contribution < -0.4 is 5.73 Å². The van der Waals surface area contributed by atoms with E-state index in [1.165, 1.54) is 11.9 Å². The van der Waals surface area contributed by atoms with E-state index in [-0.39, 0.29) is 0 Å². The summed E-state index contributed by atoms with van der Waals surface area (Å²) in [4.78, 5) is 0. The maximum Gasteiger partial charge on any atom is 0.176 e. The van der Waals surface area contributed by atoms with Crippen LogP contribution in [0.1, 0.15) is 0 Å². The summed E-state index contributed by atoms with van der Waals surface area (Å²) in [5, 5.41) is 3.33. The van der Waals surface area contributed by atoms with Gasteiger partial charge in [0.25, 0.3) is 0 Å². The lowest BCUT2D eigenvalue weighted by molar-refractivity contribution is 0.782. The zero-order chi connectivity index (χ0) is 5.98. The fraction of sp³-hybridized carbons (Fsp3) is 0.250. The largest absolute Gasteiger partial charge is 0.375 e. The van der Waals surface area contributed by atoms with Crippen LogP contribution in [0.2, 0.25) is 0 Å². The normalized spacial score (nSPS) is 17.2.